The summed E-state index contributed by atoms with van der Waals surface area (Å²) in [5.41, 5.74) is 5.94. The van der Waals surface area contributed by atoms with Crippen LogP contribution in [0.15, 0.2) is 18.2 Å². The van der Waals surface area contributed by atoms with Crippen molar-refractivity contribution in [2.45, 2.75) is 19.8 Å². The summed E-state index contributed by atoms with van der Waals surface area (Å²) >= 11 is 5.91. The molecule has 0 radical (unpaired) electrons. The van der Waals surface area contributed by atoms with Gasteiger partial charge in [-0.25, -0.2) is 10.2 Å². The van der Waals surface area contributed by atoms with E-state index < -0.39 is 6.09 Å². The van der Waals surface area contributed by atoms with E-state index >= 15 is 0 Å². The molecule has 0 aliphatic carbocycles. The van der Waals surface area contributed by atoms with Crippen LogP contribution in [-0.4, -0.2) is 22.9 Å². The molecule has 7 heteroatoms. The van der Waals surface area contributed by atoms with Crippen LogP contribution in [0.5, 0.6) is 0 Å². The Morgan fingerprint density at radius 1 is 1.53 bits per heavy atom. The van der Waals surface area contributed by atoms with Crippen LogP contribution in [0.1, 0.15) is 19.8 Å². The van der Waals surface area contributed by atoms with Crippen LogP contribution in [-0.2, 0) is 4.74 Å². The summed E-state index contributed by atoms with van der Waals surface area (Å²) in [6.07, 6.45) is 1.28. The van der Waals surface area contributed by atoms with Gasteiger partial charge in [0.15, 0.2) is 5.82 Å². The van der Waals surface area contributed by atoms with Gasteiger partial charge in [-0.2, -0.15) is 5.10 Å². The molecule has 1 aromatic heterocycles. The number of hydrazine groups is 1. The van der Waals surface area contributed by atoms with Gasteiger partial charge in [0.2, 0.25) is 0 Å². The monoisotopic (exact) mass is 282 g/mol. The van der Waals surface area contributed by atoms with Crippen LogP contribution in [0.3, 0.4) is 0 Å². The van der Waals surface area contributed by atoms with Crippen LogP contribution >= 0.6 is 11.6 Å². The van der Waals surface area contributed by atoms with Crippen LogP contribution < -0.4 is 10.9 Å². The highest BCUT2D eigenvalue weighted by atomic mass is 35.5. The van der Waals surface area contributed by atoms with Crippen LogP contribution in [0.4, 0.5) is 10.6 Å². The Morgan fingerprint density at radius 3 is 3.16 bits per heavy atom. The predicted octanol–water partition coefficient (Wildman–Crippen LogP) is 3.07. The van der Waals surface area contributed by atoms with Gasteiger partial charge < -0.3 is 4.74 Å². The average molecular weight is 283 g/mol. The van der Waals surface area contributed by atoms with E-state index in [1.54, 1.807) is 12.1 Å². The van der Waals surface area contributed by atoms with Gasteiger partial charge in [-0.15, -0.1) is 0 Å². The second-order valence-corrected chi connectivity index (χ2v) is 4.44. The smallest absolute Gasteiger partial charge is 0.425 e. The highest BCUT2D eigenvalue weighted by Gasteiger charge is 2.07. The Balaban J connectivity index is 1.94. The van der Waals surface area contributed by atoms with Gasteiger partial charge in [-0.05, 0) is 24.6 Å². The molecule has 0 aliphatic rings. The average Bonchev–Trinajstić information content (AvgIpc) is 2.79. The molecular weight excluding hydrogens is 268 g/mol. The number of aromatic amines is 1. The Labute approximate surface area is 115 Å². The largest absolute Gasteiger partial charge is 0.448 e. The fourth-order valence-electron chi connectivity index (χ4n) is 1.54. The molecule has 2 rings (SSSR count). The standard InChI is InChI=1S/C12H15ClN4O2/c1-2-3-6-19-12(18)17-16-11-9-7-8(13)4-5-10(9)14-15-11/h4-5,7H,2-3,6H2,1H3,(H,17,18)(H2,14,15,16). The minimum atomic E-state index is -0.536. The Hall–Kier alpha value is -1.95. The van der Waals surface area contributed by atoms with E-state index in [1.165, 1.54) is 0 Å². The quantitative estimate of drug-likeness (QED) is 0.582. The lowest BCUT2D eigenvalue weighted by Crippen LogP contribution is -2.30. The van der Waals surface area contributed by atoms with Crippen molar-refractivity contribution in [1.82, 2.24) is 15.6 Å². The molecule has 0 bridgehead atoms. The molecule has 0 saturated heterocycles. The van der Waals surface area contributed by atoms with Gasteiger partial charge in [0.05, 0.1) is 12.1 Å². The number of fused-ring (bicyclic) bond motifs is 1. The van der Waals surface area contributed by atoms with E-state index in [0.717, 1.165) is 23.7 Å². The molecule has 1 amide bonds. The summed E-state index contributed by atoms with van der Waals surface area (Å²) < 4.78 is 4.94. The minimum Gasteiger partial charge on any atom is -0.448 e. The number of hydrogen-bond donors (Lipinski definition) is 3. The highest BCUT2D eigenvalue weighted by Crippen LogP contribution is 2.23. The van der Waals surface area contributed by atoms with Gasteiger partial charge in [0, 0.05) is 10.4 Å². The predicted molar refractivity (Wildman–Crippen MR) is 74.1 cm³/mol. The number of unbranched alkanes of at least 4 members (excludes halogenated alkanes) is 1. The third kappa shape index (κ3) is 3.51. The third-order valence-corrected chi connectivity index (χ3v) is 2.77. The number of H-pyrrole nitrogens is 1. The van der Waals surface area contributed by atoms with Crippen molar-refractivity contribution in [3.8, 4) is 0 Å². The van der Waals surface area contributed by atoms with Gasteiger partial charge in [0.25, 0.3) is 0 Å². The molecule has 0 saturated carbocycles. The van der Waals surface area contributed by atoms with E-state index in [9.17, 15) is 4.79 Å². The molecule has 0 fully saturated rings. The molecule has 1 aromatic carbocycles. The van der Waals surface area contributed by atoms with Crippen molar-refractivity contribution < 1.29 is 9.53 Å². The Bertz CT molecular complexity index is 570. The number of aromatic nitrogens is 2. The zero-order chi connectivity index (χ0) is 13.7. The normalized spacial score (nSPS) is 10.4. The fourth-order valence-corrected chi connectivity index (χ4v) is 1.71. The lowest BCUT2D eigenvalue weighted by Gasteiger charge is -2.07. The SMILES string of the molecule is CCCCOC(=O)NNc1n[nH]c2ccc(Cl)cc12. The summed E-state index contributed by atoms with van der Waals surface area (Å²) in [6, 6.07) is 5.33. The topological polar surface area (TPSA) is 79.0 Å². The van der Waals surface area contributed by atoms with Gasteiger partial charge >= 0.3 is 6.09 Å². The zero-order valence-electron chi connectivity index (χ0n) is 10.5. The molecule has 1 heterocycles. The number of nitrogens with one attached hydrogen (secondary N) is 3. The second kappa shape index (κ2) is 6.29. The maximum absolute atomic E-state index is 11.4. The number of benzene rings is 1. The number of nitrogens with zero attached hydrogens (tertiary/aromatic N) is 1. The molecular formula is C12H15ClN4O2. The summed E-state index contributed by atoms with van der Waals surface area (Å²) in [4.78, 5) is 11.4. The zero-order valence-corrected chi connectivity index (χ0v) is 11.3. The highest BCUT2D eigenvalue weighted by molar-refractivity contribution is 6.31. The first-order valence-corrected chi connectivity index (χ1v) is 6.41. The van der Waals surface area contributed by atoms with E-state index in [0.29, 0.717) is 17.4 Å². The maximum atomic E-state index is 11.4. The van der Waals surface area contributed by atoms with Crippen LogP contribution in [0.25, 0.3) is 10.9 Å². The van der Waals surface area contributed by atoms with Gasteiger partial charge in [0.1, 0.15) is 0 Å². The summed E-state index contributed by atoms with van der Waals surface area (Å²) in [5.74, 6) is 0.491. The number of carbonyl (C=O) groups excluding carboxylic acids is 1. The number of halogens is 1. The van der Waals surface area contributed by atoms with E-state index in [-0.39, 0.29) is 0 Å². The molecule has 102 valence electrons. The van der Waals surface area contributed by atoms with Crippen molar-refractivity contribution in [2.75, 3.05) is 12.0 Å². The molecule has 6 nitrogen and oxygen atoms in total. The molecule has 0 spiro atoms. The van der Waals surface area contributed by atoms with E-state index in [2.05, 4.69) is 21.0 Å². The first kappa shape index (κ1) is 13.5. The second-order valence-electron chi connectivity index (χ2n) is 4.00. The van der Waals surface area contributed by atoms with Gasteiger partial charge in [-0.1, -0.05) is 24.9 Å². The molecule has 0 aliphatic heterocycles. The first-order chi connectivity index (χ1) is 9.20. The van der Waals surface area contributed by atoms with Crippen LogP contribution in [0.2, 0.25) is 5.02 Å². The number of ether oxygens (including phenoxy) is 1. The number of hydrogen-bond acceptors (Lipinski definition) is 4. The molecule has 3 N–H and O–H groups in total. The van der Waals surface area contributed by atoms with Crippen molar-refractivity contribution in [3.63, 3.8) is 0 Å². The van der Waals surface area contributed by atoms with E-state index in [1.807, 2.05) is 13.0 Å². The summed E-state index contributed by atoms with van der Waals surface area (Å²) in [7, 11) is 0. The number of carbonyl (C=O) groups is 1. The maximum Gasteiger partial charge on any atom is 0.425 e. The Kier molecular flexibility index (Phi) is 4.46. The number of anilines is 1. The van der Waals surface area contributed by atoms with Crippen LogP contribution in [0, 0.1) is 0 Å². The van der Waals surface area contributed by atoms with Gasteiger partial charge in [-0.3, -0.25) is 10.5 Å². The Morgan fingerprint density at radius 2 is 2.37 bits per heavy atom. The number of amides is 1. The third-order valence-electron chi connectivity index (χ3n) is 2.54. The van der Waals surface area contributed by atoms with E-state index in [4.69, 9.17) is 16.3 Å². The lowest BCUT2D eigenvalue weighted by atomic mass is 10.2. The first-order valence-electron chi connectivity index (χ1n) is 6.03. The number of rotatable bonds is 5. The summed E-state index contributed by atoms with van der Waals surface area (Å²) in [5, 5.41) is 8.26. The minimum absolute atomic E-state index is 0.400. The van der Waals surface area contributed by atoms with Crippen molar-refractivity contribution >= 4 is 34.4 Å². The molecule has 0 unspecified atom stereocenters. The molecule has 2 aromatic rings. The van der Waals surface area contributed by atoms with Crippen molar-refractivity contribution in [2.24, 2.45) is 0 Å². The van der Waals surface area contributed by atoms with Crippen molar-refractivity contribution in [1.29, 1.82) is 0 Å². The summed E-state index contributed by atoms with van der Waals surface area (Å²) in [6.45, 7) is 2.43. The van der Waals surface area contributed by atoms with Crippen molar-refractivity contribution in [3.05, 3.63) is 23.2 Å². The molecule has 19 heavy (non-hydrogen) atoms. The fraction of sp³-hybridized carbons (Fsp3) is 0.333. The lowest BCUT2D eigenvalue weighted by molar-refractivity contribution is 0.146. The molecule has 0 atom stereocenters.